The summed E-state index contributed by atoms with van der Waals surface area (Å²) in [5.41, 5.74) is 9.93. The first kappa shape index (κ1) is 56.7. The molecule has 0 unspecified atom stereocenters. The molecule has 9 N–H and O–H groups in total. The van der Waals surface area contributed by atoms with Crippen molar-refractivity contribution in [3.8, 4) is 0 Å². The predicted molar refractivity (Wildman–Crippen MR) is 274 cm³/mol. The number of fused-ring (bicyclic) bond motifs is 2. The van der Waals surface area contributed by atoms with Crippen LogP contribution in [0.15, 0.2) is 96.1 Å². The maximum Gasteiger partial charge on any atom is 0.408 e. The number of aromatic nitrogens is 1. The highest BCUT2D eigenvalue weighted by Gasteiger charge is 2.46. The van der Waals surface area contributed by atoms with Gasteiger partial charge in [-0.1, -0.05) is 112 Å². The van der Waals surface area contributed by atoms with Crippen LogP contribution in [-0.2, 0) is 67.4 Å². The van der Waals surface area contributed by atoms with Gasteiger partial charge in [0.05, 0.1) is 13.0 Å². The van der Waals surface area contributed by atoms with Gasteiger partial charge < -0.3 is 56.4 Å². The van der Waals surface area contributed by atoms with Gasteiger partial charge in [0.25, 0.3) is 5.96 Å². The number of hydrogen-bond acceptors (Lipinski definition) is 14. The fraction of sp³-hybridized carbons (Fsp3) is 0.442. The molecule has 2 aliphatic heterocycles. The molecule has 1 aromatic heterocycles. The first-order valence-corrected chi connectivity index (χ1v) is 25.0. The monoisotopic (exact) mass is 1050 g/mol. The number of guanidine groups is 1. The molecule has 0 aliphatic carbocycles. The third-order valence-corrected chi connectivity index (χ3v) is 12.6. The summed E-state index contributed by atoms with van der Waals surface area (Å²) in [5, 5.41) is 24.2. The van der Waals surface area contributed by atoms with E-state index in [-0.39, 0.29) is 57.8 Å². The molecule has 4 aromatic rings. The standard InChI is InChI=1S/C52H65N11O13/c1-30(2)22-39-45(65)56-40(23-34-26-55-37-19-12-11-18-36(34)37)46(66)58-41(25-43(64)74-28-32-14-7-5-8-15-32)49(69)62-27-35(24-42(62)47(67)60-44(31(3)4)48(68)57-39)76-50(70)38(20-13-21-54-51(53)61-63(72)73)59-52(71)75-29-33-16-9-6-10-17-33/h5-12,14-19,26,30-31,35,38-42,44,55H,13,20-25,27-29H2,1-4H3,(H,56,65)(H,57,68)(H,58,66)(H,59,71)(H,60,67)(H3,53,54,61)/t35-,38+,39+,40-,41-,42+,44-/m1/s1. The van der Waals surface area contributed by atoms with Crippen molar-refractivity contribution in [3.05, 3.63) is 118 Å². The van der Waals surface area contributed by atoms with E-state index in [9.17, 15) is 43.7 Å². The molecule has 2 saturated heterocycles. The second-order valence-electron chi connectivity index (χ2n) is 19.3. The lowest BCUT2D eigenvalue weighted by Crippen LogP contribution is -2.59. The van der Waals surface area contributed by atoms with Crippen molar-refractivity contribution < 1.29 is 57.6 Å². The van der Waals surface area contributed by atoms with Gasteiger partial charge in [-0.15, -0.1) is 0 Å². The largest absolute Gasteiger partial charge is 0.461 e. The molecular formula is C52H65N11O13. The van der Waals surface area contributed by atoms with Crippen LogP contribution in [0.25, 0.3) is 10.9 Å². The second kappa shape index (κ2) is 27.1. The lowest BCUT2D eigenvalue weighted by molar-refractivity contribution is -0.525. The van der Waals surface area contributed by atoms with Crippen molar-refractivity contribution in [2.75, 3.05) is 13.1 Å². The van der Waals surface area contributed by atoms with Crippen molar-refractivity contribution in [3.63, 3.8) is 0 Å². The summed E-state index contributed by atoms with van der Waals surface area (Å²) in [6.45, 7) is 6.10. The third-order valence-electron chi connectivity index (χ3n) is 12.6. The lowest BCUT2D eigenvalue weighted by Gasteiger charge is -2.30. The number of esters is 2. The third kappa shape index (κ3) is 16.5. The molecule has 0 spiro atoms. The number of amides is 6. The lowest BCUT2D eigenvalue weighted by atomic mass is 9.98. The average molecular weight is 1050 g/mol. The zero-order chi connectivity index (χ0) is 54.9. The molecule has 0 saturated carbocycles. The smallest absolute Gasteiger partial charge is 0.408 e. The number of ether oxygens (including phenoxy) is 3. The first-order valence-electron chi connectivity index (χ1n) is 25.0. The number of rotatable bonds is 19. The summed E-state index contributed by atoms with van der Waals surface area (Å²) in [5.74, 6) is -7.25. The van der Waals surface area contributed by atoms with Gasteiger partial charge in [-0.05, 0) is 53.9 Å². The van der Waals surface area contributed by atoms with Gasteiger partial charge in [0.1, 0.15) is 55.6 Å². The summed E-state index contributed by atoms with van der Waals surface area (Å²) < 4.78 is 16.9. The van der Waals surface area contributed by atoms with Crippen LogP contribution >= 0.6 is 0 Å². The zero-order valence-electron chi connectivity index (χ0n) is 42.7. The van der Waals surface area contributed by atoms with Crippen LogP contribution in [0.3, 0.4) is 0 Å². The Morgan fingerprint density at radius 3 is 2.08 bits per heavy atom. The van der Waals surface area contributed by atoms with Crippen LogP contribution in [0.2, 0.25) is 0 Å². The van der Waals surface area contributed by atoms with Crippen molar-refractivity contribution in [2.24, 2.45) is 22.6 Å². The highest BCUT2D eigenvalue weighted by atomic mass is 16.7. The summed E-state index contributed by atoms with van der Waals surface area (Å²) >= 11 is 0. The van der Waals surface area contributed by atoms with E-state index in [1.807, 2.05) is 38.1 Å². The summed E-state index contributed by atoms with van der Waals surface area (Å²) in [6, 6.07) is 16.3. The van der Waals surface area contributed by atoms with Gasteiger partial charge in [-0.25, -0.2) is 24.7 Å². The number of alkyl carbamates (subject to hydrolysis) is 1. The number of nitrogens with zero attached hydrogens (tertiary/aromatic N) is 3. The molecule has 7 atom stereocenters. The van der Waals surface area contributed by atoms with Crippen LogP contribution < -0.4 is 37.7 Å². The van der Waals surface area contributed by atoms with E-state index < -0.39 is 120 Å². The highest BCUT2D eigenvalue weighted by molar-refractivity contribution is 5.99. The number of benzene rings is 3. The minimum atomic E-state index is -1.73. The highest BCUT2D eigenvalue weighted by Crippen LogP contribution is 2.26. The van der Waals surface area contributed by atoms with Gasteiger partial charge in [-0.2, -0.15) is 0 Å². The second-order valence-corrected chi connectivity index (χ2v) is 19.3. The molecule has 2 fully saturated rings. The molecule has 24 heteroatoms. The number of hydrazine groups is 1. The van der Waals surface area contributed by atoms with Crippen molar-refractivity contribution in [1.29, 1.82) is 0 Å². The minimum absolute atomic E-state index is 0.0410. The van der Waals surface area contributed by atoms with Gasteiger partial charge in [0, 0.05) is 36.5 Å². The van der Waals surface area contributed by atoms with Gasteiger partial charge in [-0.3, -0.25) is 28.8 Å². The Balaban J connectivity index is 1.34. The number of aromatic amines is 1. The molecular weight excluding hydrogens is 987 g/mol. The maximum absolute atomic E-state index is 15.1. The van der Waals surface area contributed by atoms with E-state index in [2.05, 4.69) is 36.6 Å². The number of carbonyl (C=O) groups excluding carboxylic acids is 8. The molecule has 6 rings (SSSR count). The number of nitrogens with two attached hydrogens (primary N) is 1. The van der Waals surface area contributed by atoms with E-state index in [0.29, 0.717) is 16.7 Å². The van der Waals surface area contributed by atoms with Gasteiger partial charge in [0.2, 0.25) is 29.5 Å². The maximum atomic E-state index is 15.1. The van der Waals surface area contributed by atoms with Crippen LogP contribution in [0.4, 0.5) is 4.79 Å². The van der Waals surface area contributed by atoms with E-state index in [0.717, 1.165) is 15.8 Å². The zero-order valence-corrected chi connectivity index (χ0v) is 42.7. The topological polar surface area (TPSA) is 337 Å². The Bertz CT molecular complexity index is 2740. The molecule has 24 nitrogen and oxygen atoms in total. The first-order chi connectivity index (χ1) is 36.3. The number of nitrogens with one attached hydrogen (secondary N) is 7. The molecule has 2 aliphatic rings. The fourth-order valence-electron chi connectivity index (χ4n) is 8.79. The Labute approximate surface area is 438 Å². The number of para-hydroxylation sites is 1. The SMILES string of the molecule is CC(C)C[C@@H]1NC(=O)[C@@H](C(C)C)NC(=O)[C@@H]2C[C@@H](OC(=O)[C@H](CCCN=C(N)N[N+](=O)[O-])NC(=O)OCc3ccccc3)CN2C(=O)[C@@H](CC(=O)OCc2ccccc2)NC(=O)[C@@H](Cc2c[nH]c3ccccc23)NC1=O. The number of aliphatic imine (C=N–C) groups is 1. The molecule has 406 valence electrons. The van der Waals surface area contributed by atoms with Gasteiger partial charge in [0.15, 0.2) is 5.03 Å². The van der Waals surface area contributed by atoms with Crippen LogP contribution in [0.1, 0.15) is 76.5 Å². The van der Waals surface area contributed by atoms with E-state index >= 15 is 4.79 Å². The predicted octanol–water partition coefficient (Wildman–Crippen LogP) is 2.18. The number of hydrogen-bond donors (Lipinski definition) is 8. The van der Waals surface area contributed by atoms with E-state index in [1.165, 1.54) is 0 Å². The quantitative estimate of drug-likeness (QED) is 0.0127. The number of carbonyl (C=O) groups is 8. The Morgan fingerprint density at radius 1 is 0.803 bits per heavy atom. The molecule has 3 aromatic carbocycles. The summed E-state index contributed by atoms with van der Waals surface area (Å²) in [7, 11) is 0. The van der Waals surface area contributed by atoms with Crippen molar-refractivity contribution >= 4 is 64.4 Å². The van der Waals surface area contributed by atoms with Crippen LogP contribution in [0.5, 0.6) is 0 Å². The Morgan fingerprint density at radius 2 is 1.42 bits per heavy atom. The van der Waals surface area contributed by atoms with Crippen molar-refractivity contribution in [2.45, 2.75) is 122 Å². The Kier molecular flexibility index (Phi) is 20.2. The number of nitro groups is 1. The van der Waals surface area contributed by atoms with Crippen LogP contribution in [0, 0.1) is 22.0 Å². The fourth-order valence-corrected chi connectivity index (χ4v) is 8.79. The van der Waals surface area contributed by atoms with Crippen LogP contribution in [-0.4, -0.2) is 124 Å². The Hall–Kier alpha value is -8.57. The molecule has 6 amide bonds. The minimum Gasteiger partial charge on any atom is -0.461 e. The molecule has 0 radical (unpaired) electrons. The number of H-pyrrole nitrogens is 1. The van der Waals surface area contributed by atoms with E-state index in [1.54, 1.807) is 86.1 Å². The molecule has 0 bridgehead atoms. The van der Waals surface area contributed by atoms with Gasteiger partial charge >= 0.3 is 18.0 Å². The molecule has 76 heavy (non-hydrogen) atoms. The van der Waals surface area contributed by atoms with E-state index in [4.69, 9.17) is 19.9 Å². The van der Waals surface area contributed by atoms with Crippen molar-refractivity contribution in [1.82, 2.24) is 41.9 Å². The normalized spacial score (nSPS) is 21.0. The summed E-state index contributed by atoms with van der Waals surface area (Å²) in [6.07, 6.45) is -1.74. The average Bonchev–Trinajstić information content (AvgIpc) is 4.00. The molecule has 3 heterocycles. The summed E-state index contributed by atoms with van der Waals surface area (Å²) in [4.78, 5) is 133.